The Balaban J connectivity index is 2.20. The largest absolute Gasteiger partial charge is 0.310 e. The highest BCUT2D eigenvalue weighted by Gasteiger charge is 2.12. The lowest BCUT2D eigenvalue weighted by atomic mass is 9.98. The van der Waals surface area contributed by atoms with Crippen molar-refractivity contribution >= 4 is 11.6 Å². The van der Waals surface area contributed by atoms with Crippen LogP contribution in [0.2, 0.25) is 5.02 Å². The minimum absolute atomic E-state index is 0.182. The summed E-state index contributed by atoms with van der Waals surface area (Å²) >= 11 is 5.85. The molecule has 0 aliphatic carbocycles. The molecular weight excluding hydrogens is 273 g/mol. The molecule has 0 spiro atoms. The summed E-state index contributed by atoms with van der Waals surface area (Å²) in [7, 11) is 0. The molecule has 0 aliphatic heterocycles. The molecule has 0 fully saturated rings. The first kappa shape index (κ1) is 15.0. The minimum Gasteiger partial charge on any atom is -0.310 e. The van der Waals surface area contributed by atoms with Crippen LogP contribution >= 0.6 is 11.6 Å². The van der Waals surface area contributed by atoms with Gasteiger partial charge in [-0.2, -0.15) is 0 Å². The number of hydrogen-bond donors (Lipinski definition) is 1. The highest BCUT2D eigenvalue weighted by atomic mass is 35.5. The zero-order chi connectivity index (χ0) is 14.5. The number of likely N-dealkylation sites (N-methyl/N-ethyl adjacent to an activating group) is 1. The van der Waals surface area contributed by atoms with Crippen LogP contribution < -0.4 is 5.32 Å². The summed E-state index contributed by atoms with van der Waals surface area (Å²) in [6, 6.07) is 13.6. The summed E-state index contributed by atoms with van der Waals surface area (Å²) in [4.78, 5) is 0. The third-order valence-electron chi connectivity index (χ3n) is 3.35. The Morgan fingerprint density at radius 1 is 1.15 bits per heavy atom. The van der Waals surface area contributed by atoms with Crippen LogP contribution in [0.3, 0.4) is 0 Å². The maximum Gasteiger partial charge on any atom is 0.141 e. The normalized spacial score (nSPS) is 12.4. The third-order valence-corrected chi connectivity index (χ3v) is 3.64. The molecule has 106 valence electrons. The Hall–Kier alpha value is -1.38. The van der Waals surface area contributed by atoms with Crippen molar-refractivity contribution in [3.63, 3.8) is 0 Å². The van der Waals surface area contributed by atoms with Crippen LogP contribution in [-0.4, -0.2) is 6.54 Å². The number of rotatable bonds is 5. The smallest absolute Gasteiger partial charge is 0.141 e. The van der Waals surface area contributed by atoms with Crippen molar-refractivity contribution in [1.29, 1.82) is 0 Å². The van der Waals surface area contributed by atoms with E-state index < -0.39 is 0 Å². The van der Waals surface area contributed by atoms with Crippen LogP contribution in [0.5, 0.6) is 0 Å². The molecule has 0 aromatic heterocycles. The Morgan fingerprint density at radius 2 is 1.85 bits per heavy atom. The van der Waals surface area contributed by atoms with Crippen molar-refractivity contribution in [3.05, 3.63) is 70.0 Å². The SMILES string of the molecule is CCNC(Cc1ccc(F)c(Cl)c1)c1ccc(C)cc1. The van der Waals surface area contributed by atoms with E-state index in [-0.39, 0.29) is 16.9 Å². The summed E-state index contributed by atoms with van der Waals surface area (Å²) in [5.74, 6) is -0.370. The zero-order valence-electron chi connectivity index (χ0n) is 11.8. The average Bonchev–Trinajstić information content (AvgIpc) is 2.43. The van der Waals surface area contributed by atoms with Gasteiger partial charge >= 0.3 is 0 Å². The van der Waals surface area contributed by atoms with Crippen molar-refractivity contribution in [2.24, 2.45) is 0 Å². The van der Waals surface area contributed by atoms with Gasteiger partial charge < -0.3 is 5.32 Å². The summed E-state index contributed by atoms with van der Waals surface area (Å²) in [6.45, 7) is 5.04. The van der Waals surface area contributed by atoms with Gasteiger partial charge in [-0.25, -0.2) is 4.39 Å². The van der Waals surface area contributed by atoms with Crippen LogP contribution in [-0.2, 0) is 6.42 Å². The average molecular weight is 292 g/mol. The van der Waals surface area contributed by atoms with Gasteiger partial charge in [-0.05, 0) is 43.1 Å². The van der Waals surface area contributed by atoms with Crippen LogP contribution in [0, 0.1) is 12.7 Å². The van der Waals surface area contributed by atoms with Crippen LogP contribution in [0.4, 0.5) is 4.39 Å². The number of aryl methyl sites for hydroxylation is 1. The van der Waals surface area contributed by atoms with Gasteiger partial charge in [-0.15, -0.1) is 0 Å². The predicted octanol–water partition coefficient (Wildman–Crippen LogP) is 4.68. The number of hydrogen-bond acceptors (Lipinski definition) is 1. The first-order valence-corrected chi connectivity index (χ1v) is 7.22. The second kappa shape index (κ2) is 6.87. The highest BCUT2D eigenvalue weighted by Crippen LogP contribution is 2.22. The van der Waals surface area contributed by atoms with Gasteiger partial charge in [0, 0.05) is 6.04 Å². The number of halogens is 2. The van der Waals surface area contributed by atoms with E-state index in [4.69, 9.17) is 11.6 Å². The van der Waals surface area contributed by atoms with Crippen molar-refractivity contribution in [2.75, 3.05) is 6.54 Å². The minimum atomic E-state index is -0.370. The molecule has 0 amide bonds. The first-order valence-electron chi connectivity index (χ1n) is 6.84. The molecule has 0 heterocycles. The van der Waals surface area contributed by atoms with Crippen molar-refractivity contribution in [3.8, 4) is 0 Å². The highest BCUT2D eigenvalue weighted by molar-refractivity contribution is 6.30. The van der Waals surface area contributed by atoms with Gasteiger partial charge in [-0.3, -0.25) is 0 Å². The standard InChI is InChI=1S/C17H19ClFN/c1-3-20-17(14-7-4-12(2)5-8-14)11-13-6-9-16(19)15(18)10-13/h4-10,17,20H,3,11H2,1-2H3. The molecule has 1 N–H and O–H groups in total. The number of nitrogens with one attached hydrogen (secondary N) is 1. The van der Waals surface area contributed by atoms with E-state index in [1.165, 1.54) is 17.2 Å². The van der Waals surface area contributed by atoms with E-state index in [1.54, 1.807) is 12.1 Å². The van der Waals surface area contributed by atoms with Crippen LogP contribution in [0.25, 0.3) is 0 Å². The van der Waals surface area contributed by atoms with E-state index in [0.717, 1.165) is 18.5 Å². The molecule has 3 heteroatoms. The molecule has 0 aliphatic rings. The fourth-order valence-electron chi connectivity index (χ4n) is 2.26. The second-order valence-electron chi connectivity index (χ2n) is 4.97. The zero-order valence-corrected chi connectivity index (χ0v) is 12.5. The molecule has 1 nitrogen and oxygen atoms in total. The van der Waals surface area contributed by atoms with Gasteiger partial charge in [0.25, 0.3) is 0 Å². The van der Waals surface area contributed by atoms with Gasteiger partial charge in [0.05, 0.1) is 5.02 Å². The molecule has 2 aromatic rings. The Labute approximate surface area is 124 Å². The molecule has 20 heavy (non-hydrogen) atoms. The third kappa shape index (κ3) is 3.81. The summed E-state index contributed by atoms with van der Waals surface area (Å²) < 4.78 is 13.2. The lowest BCUT2D eigenvalue weighted by Crippen LogP contribution is -2.23. The number of benzene rings is 2. The van der Waals surface area contributed by atoms with E-state index >= 15 is 0 Å². The fourth-order valence-corrected chi connectivity index (χ4v) is 2.46. The van der Waals surface area contributed by atoms with E-state index in [9.17, 15) is 4.39 Å². The maximum absolute atomic E-state index is 13.2. The van der Waals surface area contributed by atoms with Crippen molar-refractivity contribution in [2.45, 2.75) is 26.3 Å². The van der Waals surface area contributed by atoms with Gasteiger partial charge in [0.15, 0.2) is 0 Å². The fraction of sp³-hybridized carbons (Fsp3) is 0.294. The second-order valence-corrected chi connectivity index (χ2v) is 5.38. The molecule has 0 radical (unpaired) electrons. The van der Waals surface area contributed by atoms with Crippen LogP contribution in [0.15, 0.2) is 42.5 Å². The van der Waals surface area contributed by atoms with Gasteiger partial charge in [0.2, 0.25) is 0 Å². The van der Waals surface area contributed by atoms with Crippen molar-refractivity contribution < 1.29 is 4.39 Å². The lowest BCUT2D eigenvalue weighted by Gasteiger charge is -2.19. The van der Waals surface area contributed by atoms with Crippen LogP contribution in [0.1, 0.15) is 29.7 Å². The quantitative estimate of drug-likeness (QED) is 0.843. The summed E-state index contributed by atoms with van der Waals surface area (Å²) in [6.07, 6.45) is 0.789. The monoisotopic (exact) mass is 291 g/mol. The molecule has 0 saturated heterocycles. The van der Waals surface area contributed by atoms with Gasteiger partial charge in [0.1, 0.15) is 5.82 Å². The lowest BCUT2D eigenvalue weighted by molar-refractivity contribution is 0.548. The van der Waals surface area contributed by atoms with Crippen molar-refractivity contribution in [1.82, 2.24) is 5.32 Å². The predicted molar refractivity (Wildman–Crippen MR) is 82.7 cm³/mol. The molecule has 0 saturated carbocycles. The Morgan fingerprint density at radius 3 is 2.45 bits per heavy atom. The van der Waals surface area contributed by atoms with Gasteiger partial charge in [-0.1, -0.05) is 54.4 Å². The van der Waals surface area contributed by atoms with E-state index in [0.29, 0.717) is 0 Å². The molecule has 2 aromatic carbocycles. The topological polar surface area (TPSA) is 12.0 Å². The Bertz CT molecular complexity index is 566. The van der Waals surface area contributed by atoms with E-state index in [2.05, 4.69) is 43.4 Å². The Kier molecular flexibility index (Phi) is 5.16. The maximum atomic E-state index is 13.2. The molecule has 1 unspecified atom stereocenters. The summed E-state index contributed by atoms with van der Waals surface area (Å²) in [5, 5.41) is 3.65. The first-order chi connectivity index (χ1) is 9.60. The molecular formula is C17H19ClFN. The molecule has 2 rings (SSSR count). The van der Waals surface area contributed by atoms with E-state index in [1.807, 2.05) is 0 Å². The molecule has 1 atom stereocenters. The summed E-state index contributed by atoms with van der Waals surface area (Å²) in [5.41, 5.74) is 3.51. The molecule has 0 bridgehead atoms.